The number of hydrogen-bond acceptors (Lipinski definition) is 4. The average Bonchev–Trinajstić information content (AvgIpc) is 2.97. The molecular formula is C36H57NO5. The molecule has 0 aliphatic rings. The first-order valence-electron chi connectivity index (χ1n) is 16.1. The van der Waals surface area contributed by atoms with Crippen LogP contribution in [-0.2, 0) is 19.1 Å². The third-order valence-electron chi connectivity index (χ3n) is 6.36. The van der Waals surface area contributed by atoms with Crippen molar-refractivity contribution in [1.82, 2.24) is 5.32 Å². The monoisotopic (exact) mass is 583 g/mol. The van der Waals surface area contributed by atoms with E-state index >= 15 is 0 Å². The van der Waals surface area contributed by atoms with Crippen molar-refractivity contribution in [3.63, 3.8) is 0 Å². The van der Waals surface area contributed by atoms with Crippen LogP contribution < -0.4 is 5.32 Å². The quantitative estimate of drug-likeness (QED) is 0.0571. The number of allylic oxidation sites excluding steroid dienone is 11. The molecule has 236 valence electrons. The zero-order chi connectivity index (χ0) is 30.9. The lowest BCUT2D eigenvalue weighted by Crippen LogP contribution is -2.28. The zero-order valence-corrected chi connectivity index (χ0v) is 26.3. The van der Waals surface area contributed by atoms with Crippen LogP contribution in [-0.4, -0.2) is 35.6 Å². The Bertz CT molecular complexity index is 866. The fourth-order valence-corrected chi connectivity index (χ4v) is 4.05. The minimum absolute atomic E-state index is 0.141. The lowest BCUT2D eigenvalue weighted by atomic mass is 10.1. The fourth-order valence-electron chi connectivity index (χ4n) is 4.05. The van der Waals surface area contributed by atoms with E-state index in [-0.39, 0.29) is 24.5 Å². The van der Waals surface area contributed by atoms with Crippen molar-refractivity contribution in [2.45, 2.75) is 129 Å². The summed E-state index contributed by atoms with van der Waals surface area (Å²) in [6.07, 6.45) is 40.3. The van der Waals surface area contributed by atoms with Gasteiger partial charge in [0, 0.05) is 12.8 Å². The van der Waals surface area contributed by atoms with E-state index in [9.17, 15) is 14.4 Å². The summed E-state index contributed by atoms with van der Waals surface area (Å²) in [5.41, 5.74) is 0. The van der Waals surface area contributed by atoms with Crippen LogP contribution in [0.5, 0.6) is 0 Å². The molecule has 1 unspecified atom stereocenters. The Labute approximate surface area is 255 Å². The Hall–Kier alpha value is -3.15. The van der Waals surface area contributed by atoms with Crippen LogP contribution in [0, 0.1) is 0 Å². The predicted octanol–water partition coefficient (Wildman–Crippen LogP) is 9.11. The second-order valence-corrected chi connectivity index (χ2v) is 10.3. The summed E-state index contributed by atoms with van der Waals surface area (Å²) < 4.78 is 5.81. The van der Waals surface area contributed by atoms with Gasteiger partial charge in [-0.15, -0.1) is 0 Å². The topological polar surface area (TPSA) is 92.7 Å². The van der Waals surface area contributed by atoms with Crippen molar-refractivity contribution in [1.29, 1.82) is 0 Å². The smallest absolute Gasteiger partial charge is 0.322 e. The predicted molar refractivity (Wildman–Crippen MR) is 175 cm³/mol. The molecular weight excluding hydrogens is 526 g/mol. The number of carbonyl (C=O) groups is 3. The largest absolute Gasteiger partial charge is 0.480 e. The first-order valence-corrected chi connectivity index (χ1v) is 16.1. The van der Waals surface area contributed by atoms with Gasteiger partial charge in [0.25, 0.3) is 0 Å². The summed E-state index contributed by atoms with van der Waals surface area (Å²) in [7, 11) is 0. The van der Waals surface area contributed by atoms with Crippen molar-refractivity contribution >= 4 is 17.8 Å². The lowest BCUT2D eigenvalue weighted by Gasteiger charge is -2.14. The summed E-state index contributed by atoms with van der Waals surface area (Å²) in [5.74, 6) is -1.41. The fraction of sp³-hybridized carbons (Fsp3) is 0.583. The highest BCUT2D eigenvalue weighted by Crippen LogP contribution is 2.14. The van der Waals surface area contributed by atoms with Crippen LogP contribution in [0.15, 0.2) is 72.9 Å². The van der Waals surface area contributed by atoms with E-state index in [0.717, 1.165) is 89.9 Å². The first kappa shape index (κ1) is 38.9. The van der Waals surface area contributed by atoms with Crippen LogP contribution in [0.4, 0.5) is 0 Å². The number of nitrogens with one attached hydrogen (secondary N) is 1. The van der Waals surface area contributed by atoms with E-state index in [2.05, 4.69) is 86.0 Å². The number of ether oxygens (including phenoxy) is 1. The summed E-state index contributed by atoms with van der Waals surface area (Å²) in [4.78, 5) is 34.7. The first-order chi connectivity index (χ1) is 20.5. The van der Waals surface area contributed by atoms with E-state index in [0.29, 0.717) is 19.3 Å². The molecule has 0 radical (unpaired) electrons. The van der Waals surface area contributed by atoms with Gasteiger partial charge < -0.3 is 15.2 Å². The molecule has 1 atom stereocenters. The van der Waals surface area contributed by atoms with Gasteiger partial charge in [-0.05, 0) is 83.1 Å². The third kappa shape index (κ3) is 29.8. The van der Waals surface area contributed by atoms with Crippen LogP contribution >= 0.6 is 0 Å². The number of unbranched alkanes of at least 4 members (excludes halogenated alkanes) is 6. The van der Waals surface area contributed by atoms with E-state index in [1.165, 1.54) is 0 Å². The highest BCUT2D eigenvalue weighted by atomic mass is 16.5. The Morgan fingerprint density at radius 1 is 0.643 bits per heavy atom. The van der Waals surface area contributed by atoms with Crippen LogP contribution in [0.2, 0.25) is 0 Å². The molecule has 0 aliphatic heterocycles. The Morgan fingerprint density at radius 2 is 1.17 bits per heavy atom. The second kappa shape index (κ2) is 30.8. The van der Waals surface area contributed by atoms with E-state index < -0.39 is 5.97 Å². The molecule has 0 aliphatic carbocycles. The maximum absolute atomic E-state index is 12.5. The molecule has 0 saturated heterocycles. The Balaban J connectivity index is 4.35. The molecule has 6 heteroatoms. The molecule has 0 heterocycles. The van der Waals surface area contributed by atoms with Crippen molar-refractivity contribution in [2.75, 3.05) is 6.54 Å². The third-order valence-corrected chi connectivity index (χ3v) is 6.36. The van der Waals surface area contributed by atoms with Crippen LogP contribution in [0.3, 0.4) is 0 Å². The standard InChI is InChI=1S/C36H57NO5/c1-3-5-7-9-11-13-14-15-16-17-19-21-27-31-36(41)42-33(28-24-20-18-12-10-8-6-4-2)29-25-22-23-26-30-34(38)37-32-35(39)40/h5-8,11-13,15-16,18,24,28,33H,3-4,9-10,14,17,19-23,25-27,29-32H2,1-2H3,(H,37,38)(H,39,40)/b7-5-,8-6-,13-11-,16-15-,18-12-,28-24-. The normalized spacial score (nSPS) is 13.0. The highest BCUT2D eigenvalue weighted by Gasteiger charge is 2.11. The average molecular weight is 584 g/mol. The molecule has 1 amide bonds. The molecule has 0 fully saturated rings. The Kier molecular flexibility index (Phi) is 28.5. The number of esters is 1. The minimum atomic E-state index is -1.04. The van der Waals surface area contributed by atoms with E-state index in [1.54, 1.807) is 0 Å². The molecule has 0 rings (SSSR count). The number of carbonyl (C=O) groups excluding carboxylic acids is 2. The van der Waals surface area contributed by atoms with Crippen molar-refractivity contribution in [2.24, 2.45) is 0 Å². The Morgan fingerprint density at radius 3 is 1.79 bits per heavy atom. The van der Waals surface area contributed by atoms with Gasteiger partial charge in [0.1, 0.15) is 12.6 Å². The molecule has 0 aromatic rings. The minimum Gasteiger partial charge on any atom is -0.480 e. The molecule has 2 N–H and O–H groups in total. The van der Waals surface area contributed by atoms with E-state index in [4.69, 9.17) is 9.84 Å². The molecule has 0 spiro atoms. The van der Waals surface area contributed by atoms with E-state index in [1.807, 2.05) is 6.08 Å². The van der Waals surface area contributed by atoms with Gasteiger partial charge in [-0.3, -0.25) is 14.4 Å². The molecule has 0 aromatic heterocycles. The summed E-state index contributed by atoms with van der Waals surface area (Å²) >= 11 is 0. The second-order valence-electron chi connectivity index (χ2n) is 10.3. The van der Waals surface area contributed by atoms with Crippen molar-refractivity contribution in [3.8, 4) is 0 Å². The van der Waals surface area contributed by atoms with Gasteiger partial charge in [-0.25, -0.2) is 0 Å². The SMILES string of the molecule is CC/C=C\C/C=C\C/C=C\CCCCCC(=O)OC(/C=C\C/C=C\C/C=C\CC)CCCCCCC(=O)NCC(=O)O. The van der Waals surface area contributed by atoms with Crippen molar-refractivity contribution < 1.29 is 24.2 Å². The number of rotatable bonds is 27. The summed E-state index contributed by atoms with van der Waals surface area (Å²) in [6, 6.07) is 0. The van der Waals surface area contributed by atoms with Crippen molar-refractivity contribution in [3.05, 3.63) is 72.9 Å². The van der Waals surface area contributed by atoms with Crippen LogP contribution in [0.1, 0.15) is 123 Å². The maximum Gasteiger partial charge on any atom is 0.322 e. The number of amides is 1. The molecule has 42 heavy (non-hydrogen) atoms. The summed E-state index contributed by atoms with van der Waals surface area (Å²) in [5, 5.41) is 11.0. The number of carboxylic acid groups (broad SMARTS) is 1. The highest BCUT2D eigenvalue weighted by molar-refractivity contribution is 5.80. The summed E-state index contributed by atoms with van der Waals surface area (Å²) in [6.45, 7) is 3.92. The molecule has 0 aromatic carbocycles. The van der Waals surface area contributed by atoms with Gasteiger partial charge in [0.2, 0.25) is 5.91 Å². The zero-order valence-electron chi connectivity index (χ0n) is 26.3. The molecule has 0 saturated carbocycles. The molecule has 0 bridgehead atoms. The number of hydrogen-bond donors (Lipinski definition) is 2. The maximum atomic E-state index is 12.5. The van der Waals surface area contributed by atoms with Gasteiger partial charge in [0.05, 0.1) is 0 Å². The van der Waals surface area contributed by atoms with Gasteiger partial charge in [-0.2, -0.15) is 0 Å². The van der Waals surface area contributed by atoms with Crippen LogP contribution in [0.25, 0.3) is 0 Å². The lowest BCUT2D eigenvalue weighted by molar-refractivity contribution is -0.147. The van der Waals surface area contributed by atoms with Gasteiger partial charge in [0.15, 0.2) is 0 Å². The molecule has 6 nitrogen and oxygen atoms in total. The number of aliphatic carboxylic acids is 1. The van der Waals surface area contributed by atoms with Gasteiger partial charge in [-0.1, -0.05) is 99.9 Å². The number of carboxylic acids is 1. The van der Waals surface area contributed by atoms with Gasteiger partial charge >= 0.3 is 11.9 Å².